The van der Waals surface area contributed by atoms with Crippen LogP contribution in [-0.4, -0.2) is 31.3 Å². The predicted molar refractivity (Wildman–Crippen MR) is 91.4 cm³/mol. The van der Waals surface area contributed by atoms with Gasteiger partial charge in [0, 0.05) is 25.1 Å². The maximum atomic E-state index is 13.5. The number of nitrogens with zero attached hydrogens (tertiary/aromatic N) is 4. The topological polar surface area (TPSA) is 81.1 Å². The standard InChI is InChI=1S/C17H17F3N6/c18-10-1-2-14-22-8-13(26(14)9-10)16-23-7-12(15(21)25-16)24-11-3-5-17(19,20)6-4-11/h1-2,7-9,11,24H,3-6H2,(H2,21,23,25). The van der Waals surface area contributed by atoms with Gasteiger partial charge in [0.2, 0.25) is 5.92 Å². The molecule has 3 aromatic heterocycles. The van der Waals surface area contributed by atoms with Gasteiger partial charge in [-0.2, -0.15) is 0 Å². The summed E-state index contributed by atoms with van der Waals surface area (Å²) in [4.78, 5) is 12.7. The quantitative estimate of drug-likeness (QED) is 0.745. The SMILES string of the molecule is Nc1nc(-c2cnc3ccc(F)cn23)ncc1NC1CCC(F)(F)CC1. The Morgan fingerprint density at radius 1 is 1.15 bits per heavy atom. The van der Waals surface area contributed by atoms with E-state index in [4.69, 9.17) is 5.73 Å². The van der Waals surface area contributed by atoms with Gasteiger partial charge in [0.25, 0.3) is 0 Å². The number of fused-ring (bicyclic) bond motifs is 1. The van der Waals surface area contributed by atoms with Crippen molar-refractivity contribution in [2.75, 3.05) is 11.1 Å². The van der Waals surface area contributed by atoms with Crippen molar-refractivity contribution in [3.05, 3.63) is 36.5 Å². The molecule has 0 amide bonds. The summed E-state index contributed by atoms with van der Waals surface area (Å²) in [5.74, 6) is -2.47. The van der Waals surface area contributed by atoms with E-state index in [0.29, 0.717) is 35.7 Å². The molecule has 0 atom stereocenters. The smallest absolute Gasteiger partial charge is 0.248 e. The molecule has 6 nitrogen and oxygen atoms in total. The maximum Gasteiger partial charge on any atom is 0.248 e. The van der Waals surface area contributed by atoms with Gasteiger partial charge in [0.05, 0.1) is 18.1 Å². The zero-order valence-electron chi connectivity index (χ0n) is 13.8. The van der Waals surface area contributed by atoms with Crippen molar-refractivity contribution in [1.29, 1.82) is 0 Å². The second-order valence-electron chi connectivity index (χ2n) is 6.49. The highest BCUT2D eigenvalue weighted by molar-refractivity contribution is 5.66. The molecule has 3 N–H and O–H groups in total. The third-order valence-corrected chi connectivity index (χ3v) is 4.59. The van der Waals surface area contributed by atoms with E-state index in [9.17, 15) is 13.2 Å². The van der Waals surface area contributed by atoms with Crippen LogP contribution in [0.3, 0.4) is 0 Å². The Morgan fingerprint density at radius 3 is 2.65 bits per heavy atom. The number of nitrogens with one attached hydrogen (secondary N) is 1. The van der Waals surface area contributed by atoms with Gasteiger partial charge in [-0.05, 0) is 25.0 Å². The minimum atomic E-state index is -2.58. The third-order valence-electron chi connectivity index (χ3n) is 4.59. The number of anilines is 2. The molecule has 0 unspecified atom stereocenters. The lowest BCUT2D eigenvalue weighted by atomic mass is 9.92. The molecule has 1 fully saturated rings. The summed E-state index contributed by atoms with van der Waals surface area (Å²) in [6.45, 7) is 0. The molecule has 0 bridgehead atoms. The summed E-state index contributed by atoms with van der Waals surface area (Å²) in [6, 6.07) is 2.79. The fourth-order valence-electron chi connectivity index (χ4n) is 3.15. The number of imidazole rings is 1. The number of hydrogen-bond donors (Lipinski definition) is 2. The van der Waals surface area contributed by atoms with E-state index in [1.807, 2.05) is 0 Å². The summed E-state index contributed by atoms with van der Waals surface area (Å²) in [5.41, 5.74) is 7.58. The molecule has 0 radical (unpaired) electrons. The number of nitrogens with two attached hydrogens (primary N) is 1. The fraction of sp³-hybridized carbons (Fsp3) is 0.353. The normalized spacial score (nSPS) is 17.5. The molecule has 1 aliphatic carbocycles. The lowest BCUT2D eigenvalue weighted by Crippen LogP contribution is -2.32. The summed E-state index contributed by atoms with van der Waals surface area (Å²) >= 11 is 0. The molecule has 4 rings (SSSR count). The summed E-state index contributed by atoms with van der Waals surface area (Å²) in [7, 11) is 0. The number of rotatable bonds is 3. The number of pyridine rings is 1. The van der Waals surface area contributed by atoms with E-state index in [0.717, 1.165) is 0 Å². The second kappa shape index (κ2) is 6.15. The first-order chi connectivity index (χ1) is 12.4. The minimum Gasteiger partial charge on any atom is -0.382 e. The Bertz CT molecular complexity index is 945. The highest BCUT2D eigenvalue weighted by Crippen LogP contribution is 2.34. The van der Waals surface area contributed by atoms with Crippen LogP contribution in [0.2, 0.25) is 0 Å². The van der Waals surface area contributed by atoms with Crippen LogP contribution in [0.5, 0.6) is 0 Å². The molecule has 0 spiro atoms. The number of nitrogen functional groups attached to an aromatic ring is 1. The maximum absolute atomic E-state index is 13.5. The van der Waals surface area contributed by atoms with Crippen LogP contribution in [0.4, 0.5) is 24.7 Å². The average molecular weight is 362 g/mol. The van der Waals surface area contributed by atoms with E-state index in [-0.39, 0.29) is 24.7 Å². The fourth-order valence-corrected chi connectivity index (χ4v) is 3.15. The van der Waals surface area contributed by atoms with E-state index < -0.39 is 11.7 Å². The number of halogens is 3. The van der Waals surface area contributed by atoms with Gasteiger partial charge in [-0.25, -0.2) is 28.1 Å². The zero-order chi connectivity index (χ0) is 18.3. The van der Waals surface area contributed by atoms with Crippen LogP contribution < -0.4 is 11.1 Å². The first-order valence-corrected chi connectivity index (χ1v) is 8.31. The zero-order valence-corrected chi connectivity index (χ0v) is 13.8. The van der Waals surface area contributed by atoms with Crippen molar-refractivity contribution in [3.63, 3.8) is 0 Å². The first-order valence-electron chi connectivity index (χ1n) is 8.31. The van der Waals surface area contributed by atoms with Crippen LogP contribution in [0.1, 0.15) is 25.7 Å². The van der Waals surface area contributed by atoms with Gasteiger partial charge in [-0.1, -0.05) is 0 Å². The van der Waals surface area contributed by atoms with Crippen LogP contribution >= 0.6 is 0 Å². The minimum absolute atomic E-state index is 0.0868. The highest BCUT2D eigenvalue weighted by atomic mass is 19.3. The molecule has 26 heavy (non-hydrogen) atoms. The van der Waals surface area contributed by atoms with Gasteiger partial charge in [-0.15, -0.1) is 0 Å². The van der Waals surface area contributed by atoms with E-state index in [2.05, 4.69) is 20.3 Å². The van der Waals surface area contributed by atoms with Gasteiger partial charge in [0.15, 0.2) is 11.6 Å². The molecular formula is C17H17F3N6. The van der Waals surface area contributed by atoms with E-state index in [1.54, 1.807) is 16.7 Å². The Balaban J connectivity index is 1.57. The Kier molecular flexibility index (Phi) is 3.93. The van der Waals surface area contributed by atoms with Crippen molar-refractivity contribution >= 4 is 17.2 Å². The summed E-state index contributed by atoms with van der Waals surface area (Å²) in [6.07, 6.45) is 4.80. The van der Waals surface area contributed by atoms with Crippen LogP contribution in [0, 0.1) is 5.82 Å². The molecule has 1 saturated carbocycles. The van der Waals surface area contributed by atoms with Crippen LogP contribution in [-0.2, 0) is 0 Å². The van der Waals surface area contributed by atoms with Crippen molar-refractivity contribution in [2.45, 2.75) is 37.6 Å². The van der Waals surface area contributed by atoms with Crippen molar-refractivity contribution in [2.24, 2.45) is 0 Å². The predicted octanol–water partition coefficient (Wildman–Crippen LogP) is 3.50. The van der Waals surface area contributed by atoms with Gasteiger partial charge in [0.1, 0.15) is 17.2 Å². The number of hydrogen-bond acceptors (Lipinski definition) is 5. The molecule has 0 saturated heterocycles. The molecular weight excluding hydrogens is 345 g/mol. The third kappa shape index (κ3) is 3.16. The number of aromatic nitrogens is 4. The van der Waals surface area contributed by atoms with Gasteiger partial charge in [-0.3, -0.25) is 4.40 Å². The molecule has 0 aliphatic heterocycles. The molecule has 136 valence electrons. The Morgan fingerprint density at radius 2 is 1.92 bits per heavy atom. The monoisotopic (exact) mass is 362 g/mol. The van der Waals surface area contributed by atoms with Crippen LogP contribution in [0.15, 0.2) is 30.7 Å². The Hall–Kier alpha value is -2.84. The molecule has 0 aromatic carbocycles. The Labute approximate surface area is 147 Å². The molecule has 3 heterocycles. The van der Waals surface area contributed by atoms with E-state index >= 15 is 0 Å². The molecule has 3 aromatic rings. The van der Waals surface area contributed by atoms with Crippen molar-refractivity contribution in [3.8, 4) is 11.5 Å². The van der Waals surface area contributed by atoms with Crippen LogP contribution in [0.25, 0.3) is 17.2 Å². The molecule has 1 aliphatic rings. The van der Waals surface area contributed by atoms with E-state index in [1.165, 1.54) is 18.5 Å². The van der Waals surface area contributed by atoms with Crippen molar-refractivity contribution in [1.82, 2.24) is 19.4 Å². The lowest BCUT2D eigenvalue weighted by molar-refractivity contribution is -0.0360. The molecule has 9 heteroatoms. The summed E-state index contributed by atoms with van der Waals surface area (Å²) in [5, 5.41) is 3.14. The highest BCUT2D eigenvalue weighted by Gasteiger charge is 2.35. The van der Waals surface area contributed by atoms with Crippen molar-refractivity contribution < 1.29 is 13.2 Å². The largest absolute Gasteiger partial charge is 0.382 e. The summed E-state index contributed by atoms with van der Waals surface area (Å²) < 4.78 is 41.5. The average Bonchev–Trinajstić information content (AvgIpc) is 3.01. The van der Waals surface area contributed by atoms with Gasteiger partial charge >= 0.3 is 0 Å². The van der Waals surface area contributed by atoms with Gasteiger partial charge < -0.3 is 11.1 Å². The first kappa shape index (κ1) is 16.6. The number of alkyl halides is 2. The lowest BCUT2D eigenvalue weighted by Gasteiger charge is -2.29. The second-order valence-corrected chi connectivity index (χ2v) is 6.49.